The third-order valence-electron chi connectivity index (χ3n) is 4.59. The molecule has 25 heavy (non-hydrogen) atoms. The van der Waals surface area contributed by atoms with Gasteiger partial charge in [-0.1, -0.05) is 26.8 Å². The number of aromatic nitrogens is 1. The van der Waals surface area contributed by atoms with Gasteiger partial charge in [0.15, 0.2) is 8.32 Å². The van der Waals surface area contributed by atoms with Gasteiger partial charge in [-0.15, -0.1) is 0 Å². The molecule has 1 aromatic rings. The van der Waals surface area contributed by atoms with E-state index >= 15 is 0 Å². The number of nitrogens with zero attached hydrogens (tertiary/aromatic N) is 1. The van der Waals surface area contributed by atoms with E-state index in [0.29, 0.717) is 12.5 Å². The molecule has 0 aliphatic rings. The van der Waals surface area contributed by atoms with Gasteiger partial charge in [-0.05, 0) is 44.5 Å². The number of nitrogens with one attached hydrogen (secondary N) is 1. The first-order valence-corrected chi connectivity index (χ1v) is 12.7. The third-order valence-corrected chi connectivity index (χ3v) is 10.7. The van der Waals surface area contributed by atoms with Crippen LogP contribution in [0.25, 0.3) is 0 Å². The summed E-state index contributed by atoms with van der Waals surface area (Å²) in [7, 11) is -1.51. The zero-order chi connectivity index (χ0) is 19.5. The SMILES string of the molecule is COc1ccc([C@@H](CO[Si](C)(C)C(C)(C)C)NS(=O)C(C)(C)C)cn1. The largest absolute Gasteiger partial charge is 0.481 e. The molecule has 0 spiro atoms. The molecule has 1 heterocycles. The van der Waals surface area contributed by atoms with E-state index < -0.39 is 19.3 Å². The van der Waals surface area contributed by atoms with Gasteiger partial charge >= 0.3 is 0 Å². The standard InChI is InChI=1S/C18H34N2O3SSi/c1-17(2,3)24(21)20-15(13-23-25(8,9)18(4,5)6)14-10-11-16(22-7)19-12-14/h10-12,15,20H,13H2,1-9H3/t15-,24?/m1/s1. The third kappa shape index (κ3) is 6.47. The summed E-state index contributed by atoms with van der Waals surface area (Å²) in [5, 5.41) is 0.124. The van der Waals surface area contributed by atoms with Gasteiger partial charge < -0.3 is 9.16 Å². The van der Waals surface area contributed by atoms with E-state index in [4.69, 9.17) is 9.16 Å². The highest BCUT2D eigenvalue weighted by Crippen LogP contribution is 2.37. The molecule has 0 aliphatic heterocycles. The second kappa shape index (κ2) is 8.29. The summed E-state index contributed by atoms with van der Waals surface area (Å²) in [6, 6.07) is 3.57. The van der Waals surface area contributed by atoms with Crippen LogP contribution in [0.3, 0.4) is 0 Å². The van der Waals surface area contributed by atoms with Crippen LogP contribution in [0.2, 0.25) is 18.1 Å². The molecular weight excluding hydrogens is 352 g/mol. The monoisotopic (exact) mass is 386 g/mol. The maximum Gasteiger partial charge on any atom is 0.212 e. The fraction of sp³-hybridized carbons (Fsp3) is 0.722. The van der Waals surface area contributed by atoms with Gasteiger partial charge in [-0.3, -0.25) is 0 Å². The average molecular weight is 387 g/mol. The number of hydrogen-bond acceptors (Lipinski definition) is 4. The van der Waals surface area contributed by atoms with Gasteiger partial charge in [0.1, 0.15) is 0 Å². The van der Waals surface area contributed by atoms with Crippen LogP contribution in [-0.4, -0.2) is 36.0 Å². The van der Waals surface area contributed by atoms with Crippen molar-refractivity contribution in [2.75, 3.05) is 13.7 Å². The molecule has 0 amide bonds. The van der Waals surface area contributed by atoms with Gasteiger partial charge in [0, 0.05) is 12.3 Å². The summed E-state index contributed by atoms with van der Waals surface area (Å²) in [4.78, 5) is 4.28. The lowest BCUT2D eigenvalue weighted by molar-refractivity contribution is 0.257. The lowest BCUT2D eigenvalue weighted by Crippen LogP contribution is -2.44. The summed E-state index contributed by atoms with van der Waals surface area (Å²) >= 11 is 0. The zero-order valence-electron chi connectivity index (χ0n) is 17.1. The number of hydrogen-bond donors (Lipinski definition) is 1. The molecule has 1 rings (SSSR count). The predicted octanol–water partition coefficient (Wildman–Crippen LogP) is 4.20. The van der Waals surface area contributed by atoms with Crippen molar-refractivity contribution >= 4 is 19.3 Å². The van der Waals surface area contributed by atoms with Gasteiger partial charge in [-0.25, -0.2) is 13.9 Å². The van der Waals surface area contributed by atoms with Crippen LogP contribution in [0.5, 0.6) is 5.88 Å². The first-order chi connectivity index (χ1) is 11.3. The second-order valence-electron chi connectivity index (χ2n) is 8.76. The molecule has 2 atom stereocenters. The van der Waals surface area contributed by atoms with E-state index in [1.165, 1.54) is 0 Å². The number of rotatable bonds is 7. The van der Waals surface area contributed by atoms with Gasteiger partial charge in [0.05, 0.1) is 35.5 Å². The lowest BCUT2D eigenvalue weighted by atomic mass is 10.1. The summed E-state index contributed by atoms with van der Waals surface area (Å²) in [5.41, 5.74) is 0.942. The highest BCUT2D eigenvalue weighted by Gasteiger charge is 2.38. The maximum absolute atomic E-state index is 12.6. The smallest absolute Gasteiger partial charge is 0.212 e. The highest BCUT2D eigenvalue weighted by atomic mass is 32.2. The average Bonchev–Trinajstić information content (AvgIpc) is 2.49. The molecule has 0 fully saturated rings. The molecular formula is C18H34N2O3SSi. The number of pyridine rings is 1. The van der Waals surface area contributed by atoms with Crippen molar-refractivity contribution in [1.82, 2.24) is 9.71 Å². The molecule has 0 aliphatic carbocycles. The van der Waals surface area contributed by atoms with Crippen LogP contribution in [0.1, 0.15) is 53.1 Å². The van der Waals surface area contributed by atoms with Crippen LogP contribution in [0, 0.1) is 0 Å². The minimum atomic E-state index is -1.90. The maximum atomic E-state index is 12.6. The first kappa shape index (κ1) is 22.3. The van der Waals surface area contributed by atoms with E-state index in [2.05, 4.69) is 43.6 Å². The summed E-state index contributed by atoms with van der Waals surface area (Å²) in [6.07, 6.45) is 1.76. The topological polar surface area (TPSA) is 60.5 Å². The van der Waals surface area contributed by atoms with Gasteiger partial charge in [0.2, 0.25) is 5.88 Å². The van der Waals surface area contributed by atoms with Crippen molar-refractivity contribution in [3.63, 3.8) is 0 Å². The summed E-state index contributed by atoms with van der Waals surface area (Å²) < 4.78 is 27.0. The zero-order valence-corrected chi connectivity index (χ0v) is 18.9. The Hall–Kier alpha value is -0.763. The molecule has 144 valence electrons. The molecule has 0 saturated heterocycles. The Morgan fingerprint density at radius 2 is 1.80 bits per heavy atom. The van der Waals surface area contributed by atoms with Crippen LogP contribution in [0.4, 0.5) is 0 Å². The Kier molecular flexibility index (Phi) is 7.38. The van der Waals surface area contributed by atoms with Crippen LogP contribution >= 0.6 is 0 Å². The Morgan fingerprint density at radius 3 is 2.20 bits per heavy atom. The predicted molar refractivity (Wildman–Crippen MR) is 108 cm³/mol. The fourth-order valence-electron chi connectivity index (χ4n) is 1.73. The molecule has 5 nitrogen and oxygen atoms in total. The Labute approximate surface area is 156 Å². The van der Waals surface area contributed by atoms with E-state index in [0.717, 1.165) is 5.56 Å². The number of ether oxygens (including phenoxy) is 1. The van der Waals surface area contributed by atoms with Crippen molar-refractivity contribution < 1.29 is 13.4 Å². The Balaban J connectivity index is 3.00. The molecule has 1 N–H and O–H groups in total. The minimum Gasteiger partial charge on any atom is -0.481 e. The minimum absolute atomic E-state index is 0.124. The van der Waals surface area contributed by atoms with E-state index in [1.54, 1.807) is 13.3 Å². The van der Waals surface area contributed by atoms with Crippen molar-refractivity contribution in [3.05, 3.63) is 23.9 Å². The molecule has 1 unspecified atom stereocenters. The Bertz CT molecular complexity index is 577. The van der Waals surface area contributed by atoms with Gasteiger partial charge in [0.25, 0.3) is 0 Å². The van der Waals surface area contributed by atoms with Gasteiger partial charge in [-0.2, -0.15) is 0 Å². The van der Waals surface area contributed by atoms with Crippen molar-refractivity contribution in [1.29, 1.82) is 0 Å². The van der Waals surface area contributed by atoms with Crippen LogP contribution in [0.15, 0.2) is 18.3 Å². The number of methoxy groups -OCH3 is 1. The van der Waals surface area contributed by atoms with Crippen molar-refractivity contribution in [2.24, 2.45) is 0 Å². The van der Waals surface area contributed by atoms with Crippen molar-refractivity contribution in [2.45, 2.75) is 70.5 Å². The van der Waals surface area contributed by atoms with E-state index in [9.17, 15) is 4.21 Å². The molecule has 1 aromatic heterocycles. The van der Waals surface area contributed by atoms with E-state index in [-0.39, 0.29) is 15.8 Å². The first-order valence-electron chi connectivity index (χ1n) is 8.60. The molecule has 0 aromatic carbocycles. The Morgan fingerprint density at radius 1 is 1.20 bits per heavy atom. The highest BCUT2D eigenvalue weighted by molar-refractivity contribution is 7.84. The summed E-state index contributed by atoms with van der Waals surface area (Å²) in [5.74, 6) is 0.560. The van der Waals surface area contributed by atoms with Crippen molar-refractivity contribution in [3.8, 4) is 5.88 Å². The molecule has 7 heteroatoms. The quantitative estimate of drug-likeness (QED) is 0.713. The van der Waals surface area contributed by atoms with Crippen LogP contribution < -0.4 is 9.46 Å². The fourth-order valence-corrected chi connectivity index (χ4v) is 3.56. The summed E-state index contributed by atoms with van der Waals surface area (Å²) in [6.45, 7) is 17.4. The molecule has 0 saturated carbocycles. The van der Waals surface area contributed by atoms with Crippen LogP contribution in [-0.2, 0) is 15.4 Å². The molecule has 0 radical (unpaired) electrons. The normalized spacial score (nSPS) is 15.7. The van der Waals surface area contributed by atoms with E-state index in [1.807, 2.05) is 32.9 Å². The lowest BCUT2D eigenvalue weighted by Gasteiger charge is -2.37. The second-order valence-corrected chi connectivity index (χ2v) is 15.6. The molecule has 0 bridgehead atoms.